The van der Waals surface area contributed by atoms with E-state index >= 15 is 0 Å². The van der Waals surface area contributed by atoms with Crippen LogP contribution < -0.4 is 0 Å². The van der Waals surface area contributed by atoms with E-state index < -0.39 is 0 Å². The Kier molecular flexibility index (Phi) is 3.15. The Hall–Kier alpha value is -1.42. The van der Waals surface area contributed by atoms with Gasteiger partial charge in [0.2, 0.25) is 0 Å². The molecule has 0 radical (unpaired) electrons. The van der Waals surface area contributed by atoms with Crippen LogP contribution >= 0.6 is 11.6 Å². The summed E-state index contributed by atoms with van der Waals surface area (Å²) >= 11 is 6.15. The predicted molar refractivity (Wildman–Crippen MR) is 66.1 cm³/mol. The third kappa shape index (κ3) is 2.05. The Morgan fingerprint density at radius 2 is 1.82 bits per heavy atom. The Labute approximate surface area is 105 Å². The van der Waals surface area contributed by atoms with E-state index in [0.29, 0.717) is 16.7 Å². The van der Waals surface area contributed by atoms with E-state index in [4.69, 9.17) is 16.1 Å². The average molecular weight is 252 g/mol. The molecule has 2 aromatic rings. The summed E-state index contributed by atoms with van der Waals surface area (Å²) < 4.78 is 5.11. The molecule has 0 N–H and O–H groups in total. The van der Waals surface area contributed by atoms with E-state index in [-0.39, 0.29) is 0 Å². The third-order valence-corrected chi connectivity index (χ3v) is 3.09. The lowest BCUT2D eigenvalue weighted by Gasteiger charge is -2.07. The van der Waals surface area contributed by atoms with Gasteiger partial charge in [-0.05, 0) is 27.2 Å². The summed E-state index contributed by atoms with van der Waals surface area (Å²) in [5.74, 6) is 1.29. The maximum Gasteiger partial charge on any atom is 0.166 e. The molecule has 0 aromatic carbocycles. The molecule has 2 heterocycles. The first-order valence-electron chi connectivity index (χ1n) is 5.50. The first kappa shape index (κ1) is 12.0. The van der Waals surface area contributed by atoms with Crippen LogP contribution in [-0.2, 0) is 6.42 Å². The van der Waals surface area contributed by atoms with Gasteiger partial charge in [-0.15, -0.1) is 0 Å². The average Bonchev–Trinajstić information content (AvgIpc) is 2.58. The minimum atomic E-state index is 0.509. The lowest BCUT2D eigenvalue weighted by Crippen LogP contribution is -2.00. The minimum Gasteiger partial charge on any atom is -0.361 e. The molecule has 90 valence electrons. The lowest BCUT2D eigenvalue weighted by molar-refractivity contribution is 0.393. The second-order valence-corrected chi connectivity index (χ2v) is 4.31. The van der Waals surface area contributed by atoms with Crippen LogP contribution in [0.5, 0.6) is 0 Å². The quantitative estimate of drug-likeness (QED) is 0.769. The smallest absolute Gasteiger partial charge is 0.166 e. The van der Waals surface area contributed by atoms with Crippen molar-refractivity contribution in [2.75, 3.05) is 0 Å². The number of halogens is 1. The van der Waals surface area contributed by atoms with Gasteiger partial charge >= 0.3 is 0 Å². The first-order valence-corrected chi connectivity index (χ1v) is 5.88. The fraction of sp³-hybridized carbons (Fsp3) is 0.417. The van der Waals surface area contributed by atoms with Crippen molar-refractivity contribution in [3.8, 4) is 11.4 Å². The standard InChI is InChI=1S/C12H14ClN3O/c1-5-9-6(2)14-12(15-11(9)13)10-7(3)16-17-8(10)4/h5H2,1-4H3. The molecular weight excluding hydrogens is 238 g/mol. The van der Waals surface area contributed by atoms with Crippen molar-refractivity contribution in [1.82, 2.24) is 15.1 Å². The number of aryl methyl sites for hydroxylation is 3. The molecule has 2 rings (SSSR count). The Balaban J connectivity index is 2.62. The largest absolute Gasteiger partial charge is 0.361 e. The van der Waals surface area contributed by atoms with E-state index in [1.165, 1.54) is 0 Å². The van der Waals surface area contributed by atoms with E-state index in [2.05, 4.69) is 15.1 Å². The van der Waals surface area contributed by atoms with E-state index in [1.54, 1.807) is 0 Å². The van der Waals surface area contributed by atoms with Gasteiger partial charge < -0.3 is 4.52 Å². The maximum atomic E-state index is 6.15. The molecule has 0 atom stereocenters. The topological polar surface area (TPSA) is 51.8 Å². The second-order valence-electron chi connectivity index (χ2n) is 3.95. The van der Waals surface area contributed by atoms with Crippen molar-refractivity contribution in [3.63, 3.8) is 0 Å². The number of nitrogens with zero attached hydrogens (tertiary/aromatic N) is 3. The lowest BCUT2D eigenvalue weighted by atomic mass is 10.1. The minimum absolute atomic E-state index is 0.509. The van der Waals surface area contributed by atoms with Crippen molar-refractivity contribution in [2.45, 2.75) is 34.1 Å². The van der Waals surface area contributed by atoms with Crippen LogP contribution in [-0.4, -0.2) is 15.1 Å². The molecule has 2 aromatic heterocycles. The van der Waals surface area contributed by atoms with Gasteiger partial charge in [0.05, 0.1) is 11.3 Å². The van der Waals surface area contributed by atoms with Gasteiger partial charge in [-0.3, -0.25) is 0 Å². The molecule has 0 saturated carbocycles. The first-order chi connectivity index (χ1) is 8.04. The fourth-order valence-corrected chi connectivity index (χ4v) is 2.23. The molecule has 0 aliphatic rings. The van der Waals surface area contributed by atoms with Crippen molar-refractivity contribution in [2.24, 2.45) is 0 Å². The summed E-state index contributed by atoms with van der Waals surface area (Å²) in [5.41, 5.74) is 3.50. The van der Waals surface area contributed by atoms with Crippen LogP contribution in [0.25, 0.3) is 11.4 Å². The SMILES string of the molecule is CCc1c(C)nc(-c2c(C)noc2C)nc1Cl. The monoisotopic (exact) mass is 251 g/mol. The van der Waals surface area contributed by atoms with Gasteiger partial charge in [0.15, 0.2) is 5.82 Å². The van der Waals surface area contributed by atoms with Gasteiger partial charge in [-0.25, -0.2) is 9.97 Å². The molecule has 0 aliphatic carbocycles. The van der Waals surface area contributed by atoms with Crippen molar-refractivity contribution in [1.29, 1.82) is 0 Å². The highest BCUT2D eigenvalue weighted by atomic mass is 35.5. The highest BCUT2D eigenvalue weighted by molar-refractivity contribution is 6.30. The summed E-state index contributed by atoms with van der Waals surface area (Å²) in [6.45, 7) is 7.68. The zero-order valence-corrected chi connectivity index (χ0v) is 11.1. The van der Waals surface area contributed by atoms with Crippen molar-refractivity contribution in [3.05, 3.63) is 27.9 Å². The Morgan fingerprint density at radius 1 is 1.12 bits per heavy atom. The number of rotatable bonds is 2. The summed E-state index contributed by atoms with van der Waals surface area (Å²) in [6, 6.07) is 0. The van der Waals surface area contributed by atoms with Crippen LogP contribution in [0.2, 0.25) is 5.15 Å². The molecule has 0 saturated heterocycles. The zero-order chi connectivity index (χ0) is 12.6. The van der Waals surface area contributed by atoms with Crippen LogP contribution in [0.4, 0.5) is 0 Å². The van der Waals surface area contributed by atoms with Crippen molar-refractivity contribution >= 4 is 11.6 Å². The predicted octanol–water partition coefficient (Wildman–Crippen LogP) is 3.27. The van der Waals surface area contributed by atoms with Crippen LogP contribution in [0.1, 0.15) is 29.6 Å². The number of hydrogen-bond acceptors (Lipinski definition) is 4. The van der Waals surface area contributed by atoms with Gasteiger partial charge in [-0.2, -0.15) is 0 Å². The number of hydrogen-bond donors (Lipinski definition) is 0. The van der Waals surface area contributed by atoms with Crippen LogP contribution in [0.15, 0.2) is 4.52 Å². The van der Waals surface area contributed by atoms with Gasteiger partial charge in [-0.1, -0.05) is 23.7 Å². The molecule has 0 fully saturated rings. The van der Waals surface area contributed by atoms with Crippen LogP contribution in [0.3, 0.4) is 0 Å². The maximum absolute atomic E-state index is 6.15. The molecule has 5 heteroatoms. The van der Waals surface area contributed by atoms with Crippen molar-refractivity contribution < 1.29 is 4.52 Å². The summed E-state index contributed by atoms with van der Waals surface area (Å²) in [7, 11) is 0. The molecular formula is C12H14ClN3O. The summed E-state index contributed by atoms with van der Waals surface area (Å²) in [6.07, 6.45) is 0.826. The molecule has 0 aliphatic heterocycles. The van der Waals surface area contributed by atoms with Crippen LogP contribution in [0, 0.1) is 20.8 Å². The fourth-order valence-electron chi connectivity index (χ4n) is 1.88. The molecule has 0 spiro atoms. The molecule has 0 bridgehead atoms. The molecule has 0 amide bonds. The van der Waals surface area contributed by atoms with Gasteiger partial charge in [0.1, 0.15) is 10.9 Å². The van der Waals surface area contributed by atoms with E-state index in [0.717, 1.165) is 28.9 Å². The normalized spacial score (nSPS) is 10.9. The van der Waals surface area contributed by atoms with E-state index in [1.807, 2.05) is 27.7 Å². The Morgan fingerprint density at radius 3 is 2.29 bits per heavy atom. The highest BCUT2D eigenvalue weighted by Crippen LogP contribution is 2.27. The zero-order valence-electron chi connectivity index (χ0n) is 10.3. The van der Waals surface area contributed by atoms with E-state index in [9.17, 15) is 0 Å². The van der Waals surface area contributed by atoms with Gasteiger partial charge in [0.25, 0.3) is 0 Å². The summed E-state index contributed by atoms with van der Waals surface area (Å²) in [4.78, 5) is 8.80. The number of aromatic nitrogens is 3. The highest BCUT2D eigenvalue weighted by Gasteiger charge is 2.17. The molecule has 0 unspecified atom stereocenters. The summed E-state index contributed by atoms with van der Waals surface area (Å²) in [5, 5.41) is 4.41. The van der Waals surface area contributed by atoms with Gasteiger partial charge in [0, 0.05) is 11.3 Å². The molecule has 4 nitrogen and oxygen atoms in total. The third-order valence-electron chi connectivity index (χ3n) is 2.77. The Bertz CT molecular complexity index is 520. The molecule has 17 heavy (non-hydrogen) atoms. The second kappa shape index (κ2) is 4.45.